The van der Waals surface area contributed by atoms with Gasteiger partial charge in [-0.1, -0.05) is 60.7 Å². The van der Waals surface area contributed by atoms with Gasteiger partial charge in [0.2, 0.25) is 0 Å². The Kier molecular flexibility index (Phi) is 6.63. The maximum Gasteiger partial charge on any atom is 0.306 e. The lowest BCUT2D eigenvalue weighted by atomic mass is 9.88. The highest BCUT2D eigenvalue weighted by Crippen LogP contribution is 2.28. The maximum atomic E-state index is 12.0. The molecule has 0 amide bonds. The minimum atomic E-state index is -0.155. The van der Waals surface area contributed by atoms with Crippen LogP contribution in [-0.4, -0.2) is 12.1 Å². The number of carbonyl (C=O) groups excluding carboxylic acids is 1. The lowest BCUT2D eigenvalue weighted by molar-refractivity contribution is -0.147. The molecule has 0 fully saturated rings. The normalized spacial score (nSPS) is 10.3. The zero-order chi connectivity index (χ0) is 14.4. The molecule has 0 radical (unpaired) electrons. The molecular formula is C18H23NO2. The lowest BCUT2D eigenvalue weighted by Crippen LogP contribution is -2.15. The summed E-state index contributed by atoms with van der Waals surface area (Å²) in [6, 6.07) is 20.2. The first-order valence-corrected chi connectivity index (χ1v) is 6.96. The molecule has 2 rings (SSSR count). The molecule has 21 heavy (non-hydrogen) atoms. The van der Waals surface area contributed by atoms with E-state index in [0.717, 1.165) is 11.1 Å². The minimum absolute atomic E-state index is 0. The highest BCUT2D eigenvalue weighted by atomic mass is 16.5. The van der Waals surface area contributed by atoms with Crippen LogP contribution >= 0.6 is 0 Å². The van der Waals surface area contributed by atoms with Crippen LogP contribution in [0.5, 0.6) is 0 Å². The van der Waals surface area contributed by atoms with Gasteiger partial charge in [-0.3, -0.25) is 4.79 Å². The monoisotopic (exact) mass is 285 g/mol. The molecule has 0 saturated heterocycles. The molecule has 0 atom stereocenters. The van der Waals surface area contributed by atoms with E-state index in [1.165, 1.54) is 0 Å². The van der Waals surface area contributed by atoms with Crippen LogP contribution in [0, 0.1) is 0 Å². The maximum absolute atomic E-state index is 12.0. The average molecular weight is 285 g/mol. The Morgan fingerprint density at radius 3 is 1.71 bits per heavy atom. The molecule has 3 N–H and O–H groups in total. The fourth-order valence-corrected chi connectivity index (χ4v) is 2.28. The van der Waals surface area contributed by atoms with Crippen LogP contribution in [0.25, 0.3) is 0 Å². The second-order valence-electron chi connectivity index (χ2n) is 5.12. The molecule has 0 unspecified atom stereocenters. The summed E-state index contributed by atoms with van der Waals surface area (Å²) in [4.78, 5) is 12.0. The van der Waals surface area contributed by atoms with Gasteiger partial charge in [-0.15, -0.1) is 0 Å². The number of carbonyl (C=O) groups is 1. The number of ether oxygens (including phenoxy) is 1. The van der Waals surface area contributed by atoms with E-state index in [1.807, 2.05) is 50.2 Å². The number of hydrogen-bond donors (Lipinski definition) is 1. The van der Waals surface area contributed by atoms with Crippen LogP contribution < -0.4 is 6.15 Å². The van der Waals surface area contributed by atoms with Gasteiger partial charge >= 0.3 is 5.97 Å². The van der Waals surface area contributed by atoms with Crippen molar-refractivity contribution in [2.24, 2.45) is 0 Å². The van der Waals surface area contributed by atoms with Crippen molar-refractivity contribution in [1.29, 1.82) is 0 Å². The highest BCUT2D eigenvalue weighted by Gasteiger charge is 2.19. The van der Waals surface area contributed by atoms with Crippen LogP contribution in [0.2, 0.25) is 0 Å². The molecule has 0 aliphatic heterocycles. The van der Waals surface area contributed by atoms with Crippen molar-refractivity contribution in [3.63, 3.8) is 0 Å². The molecule has 0 aliphatic rings. The van der Waals surface area contributed by atoms with Crippen molar-refractivity contribution < 1.29 is 9.53 Å². The fraction of sp³-hybridized carbons (Fsp3) is 0.278. The summed E-state index contributed by atoms with van der Waals surface area (Å²) in [5, 5.41) is 0. The van der Waals surface area contributed by atoms with Crippen molar-refractivity contribution in [2.45, 2.75) is 32.3 Å². The van der Waals surface area contributed by atoms with Gasteiger partial charge in [0.25, 0.3) is 0 Å². The molecule has 2 aromatic rings. The van der Waals surface area contributed by atoms with E-state index in [-0.39, 0.29) is 24.1 Å². The molecule has 112 valence electrons. The molecule has 0 heterocycles. The first-order valence-electron chi connectivity index (χ1n) is 6.96. The largest absolute Gasteiger partial charge is 0.463 e. The van der Waals surface area contributed by atoms with E-state index >= 15 is 0 Å². The Morgan fingerprint density at radius 1 is 0.905 bits per heavy atom. The van der Waals surface area contributed by atoms with Crippen molar-refractivity contribution in [3.05, 3.63) is 71.8 Å². The van der Waals surface area contributed by atoms with E-state index in [4.69, 9.17) is 4.74 Å². The van der Waals surface area contributed by atoms with E-state index < -0.39 is 0 Å². The average Bonchev–Trinajstić information content (AvgIpc) is 2.46. The molecule has 2 aromatic carbocycles. The third-order valence-electron chi connectivity index (χ3n) is 3.14. The van der Waals surface area contributed by atoms with Crippen LogP contribution in [0.15, 0.2) is 60.7 Å². The van der Waals surface area contributed by atoms with Gasteiger partial charge in [-0.05, 0) is 25.0 Å². The summed E-state index contributed by atoms with van der Waals surface area (Å²) in [6.45, 7) is 3.75. The second-order valence-corrected chi connectivity index (χ2v) is 5.12. The summed E-state index contributed by atoms with van der Waals surface area (Å²) in [5.41, 5.74) is 2.28. The summed E-state index contributed by atoms with van der Waals surface area (Å²) >= 11 is 0. The molecule has 0 spiro atoms. The second kappa shape index (κ2) is 8.22. The summed E-state index contributed by atoms with van der Waals surface area (Å²) in [7, 11) is 0. The highest BCUT2D eigenvalue weighted by molar-refractivity contribution is 5.71. The molecule has 3 heteroatoms. The number of benzene rings is 2. The minimum Gasteiger partial charge on any atom is -0.463 e. The van der Waals surface area contributed by atoms with Gasteiger partial charge < -0.3 is 10.9 Å². The molecule has 0 saturated carbocycles. The topological polar surface area (TPSA) is 61.3 Å². The van der Waals surface area contributed by atoms with Crippen LogP contribution in [0.4, 0.5) is 0 Å². The Labute approximate surface area is 126 Å². The van der Waals surface area contributed by atoms with Crippen LogP contribution in [-0.2, 0) is 9.53 Å². The first-order chi connectivity index (χ1) is 9.66. The van der Waals surface area contributed by atoms with Gasteiger partial charge in [0.05, 0.1) is 12.5 Å². The van der Waals surface area contributed by atoms with E-state index in [9.17, 15) is 4.79 Å². The number of hydrogen-bond acceptors (Lipinski definition) is 3. The summed E-state index contributed by atoms with van der Waals surface area (Å²) in [6.07, 6.45) is 0.293. The molecule has 0 bridgehead atoms. The van der Waals surface area contributed by atoms with Crippen molar-refractivity contribution >= 4 is 5.97 Å². The molecule has 0 aromatic heterocycles. The standard InChI is InChI=1S/C18H20O2.H3N/c1-14(2)20-18(19)13-17(15-9-5-3-6-10-15)16-11-7-4-8-12-16;/h3-12,14,17H,13H2,1-2H3;1H3. The van der Waals surface area contributed by atoms with Crippen molar-refractivity contribution in [1.82, 2.24) is 6.15 Å². The summed E-state index contributed by atoms with van der Waals surface area (Å²) in [5.74, 6) is -0.110. The van der Waals surface area contributed by atoms with E-state index in [2.05, 4.69) is 24.3 Å². The molecular weight excluding hydrogens is 262 g/mol. The fourth-order valence-electron chi connectivity index (χ4n) is 2.28. The first kappa shape index (κ1) is 16.9. The lowest BCUT2D eigenvalue weighted by Gasteiger charge is -2.18. The Hall–Kier alpha value is -2.13. The predicted octanol–water partition coefficient (Wildman–Crippen LogP) is 4.32. The van der Waals surface area contributed by atoms with Crippen molar-refractivity contribution in [2.75, 3.05) is 0 Å². The predicted molar refractivity (Wildman–Crippen MR) is 85.6 cm³/mol. The quantitative estimate of drug-likeness (QED) is 0.832. The number of esters is 1. The van der Waals surface area contributed by atoms with Gasteiger partial charge in [0, 0.05) is 5.92 Å². The van der Waals surface area contributed by atoms with E-state index in [0.29, 0.717) is 6.42 Å². The zero-order valence-corrected chi connectivity index (χ0v) is 12.7. The number of rotatable bonds is 5. The van der Waals surface area contributed by atoms with Crippen LogP contribution in [0.3, 0.4) is 0 Å². The van der Waals surface area contributed by atoms with Crippen LogP contribution in [0.1, 0.15) is 37.3 Å². The van der Waals surface area contributed by atoms with Crippen molar-refractivity contribution in [3.8, 4) is 0 Å². The zero-order valence-electron chi connectivity index (χ0n) is 12.7. The Morgan fingerprint density at radius 2 is 1.33 bits per heavy atom. The van der Waals surface area contributed by atoms with E-state index in [1.54, 1.807) is 0 Å². The molecule has 0 aliphatic carbocycles. The third kappa shape index (κ3) is 5.04. The molecule has 3 nitrogen and oxygen atoms in total. The SMILES string of the molecule is CC(C)OC(=O)CC(c1ccccc1)c1ccccc1.N. The third-order valence-corrected chi connectivity index (χ3v) is 3.14. The van der Waals surface area contributed by atoms with Gasteiger partial charge in [0.15, 0.2) is 0 Å². The van der Waals surface area contributed by atoms with Gasteiger partial charge in [-0.25, -0.2) is 0 Å². The Bertz CT molecular complexity index is 498. The Balaban J connectivity index is 0.00000220. The van der Waals surface area contributed by atoms with Gasteiger partial charge in [-0.2, -0.15) is 0 Å². The smallest absolute Gasteiger partial charge is 0.306 e. The summed E-state index contributed by atoms with van der Waals surface area (Å²) < 4.78 is 5.28. The van der Waals surface area contributed by atoms with Gasteiger partial charge in [0.1, 0.15) is 0 Å².